The molecule has 0 atom stereocenters. The summed E-state index contributed by atoms with van der Waals surface area (Å²) in [6.45, 7) is 1.24. The highest BCUT2D eigenvalue weighted by molar-refractivity contribution is 5.93. The number of amides is 1. The zero-order chi connectivity index (χ0) is 16.6. The van der Waals surface area contributed by atoms with Gasteiger partial charge in [-0.1, -0.05) is 18.2 Å². The maximum absolute atomic E-state index is 12.4. The minimum absolute atomic E-state index is 0.179. The molecule has 22 heavy (non-hydrogen) atoms. The molecule has 0 saturated carbocycles. The largest absolute Gasteiger partial charge is 0.452 e. The lowest BCUT2D eigenvalue weighted by Crippen LogP contribution is -2.20. The number of anilines is 1. The first-order valence-corrected chi connectivity index (χ1v) is 6.26. The molecule has 0 saturated heterocycles. The monoisotopic (exact) mass is 313 g/mol. The van der Waals surface area contributed by atoms with E-state index >= 15 is 0 Å². The van der Waals surface area contributed by atoms with E-state index in [-0.39, 0.29) is 5.69 Å². The van der Waals surface area contributed by atoms with Crippen molar-refractivity contribution in [1.29, 1.82) is 0 Å². The van der Waals surface area contributed by atoms with Gasteiger partial charge in [0.2, 0.25) is 0 Å². The first kappa shape index (κ1) is 17.5. The zero-order valence-electron chi connectivity index (χ0n) is 11.7. The number of carbonyl (C=O) groups is 2. The summed E-state index contributed by atoms with van der Waals surface area (Å²) in [5, 5.41) is 2.32. The first-order valence-electron chi connectivity index (χ1n) is 6.26. The van der Waals surface area contributed by atoms with Gasteiger partial charge in [0.25, 0.3) is 5.91 Å². The molecular weight excluding hydrogens is 299 g/mol. The molecule has 0 heterocycles. The number of benzene rings is 1. The molecule has 1 aromatic carbocycles. The van der Waals surface area contributed by atoms with Crippen LogP contribution in [0.4, 0.5) is 18.9 Å². The molecule has 0 aliphatic carbocycles. The highest BCUT2D eigenvalue weighted by Crippen LogP contribution is 2.29. The van der Waals surface area contributed by atoms with E-state index in [1.807, 2.05) is 0 Å². The Labute approximate surface area is 125 Å². The molecule has 1 rings (SSSR count). The summed E-state index contributed by atoms with van der Waals surface area (Å²) in [5.74, 6) is -1.34. The average molecular weight is 313 g/mol. The van der Waals surface area contributed by atoms with Gasteiger partial charge in [0, 0.05) is 11.8 Å². The number of nitrogens with one attached hydrogen (secondary N) is 1. The maximum Gasteiger partial charge on any atom is 0.416 e. The van der Waals surface area contributed by atoms with Crippen molar-refractivity contribution in [3.63, 3.8) is 0 Å². The number of hydrogen-bond acceptors (Lipinski definition) is 3. The number of hydrogen-bond donors (Lipinski definition) is 1. The van der Waals surface area contributed by atoms with E-state index in [9.17, 15) is 22.8 Å². The topological polar surface area (TPSA) is 55.4 Å². The fourth-order valence-electron chi connectivity index (χ4n) is 1.37. The fourth-order valence-corrected chi connectivity index (χ4v) is 1.37. The van der Waals surface area contributed by atoms with Crippen LogP contribution in [0.3, 0.4) is 0 Å². The molecule has 0 spiro atoms. The van der Waals surface area contributed by atoms with Gasteiger partial charge in [0.15, 0.2) is 6.61 Å². The van der Waals surface area contributed by atoms with Gasteiger partial charge in [0.1, 0.15) is 0 Å². The Morgan fingerprint density at radius 3 is 2.36 bits per heavy atom. The molecule has 0 radical (unpaired) electrons. The molecule has 0 aliphatic heterocycles. The van der Waals surface area contributed by atoms with Crippen LogP contribution in [0.5, 0.6) is 0 Å². The van der Waals surface area contributed by atoms with E-state index in [1.54, 1.807) is 19.1 Å². The summed E-state index contributed by atoms with van der Waals surface area (Å²) >= 11 is 0. The summed E-state index contributed by atoms with van der Waals surface area (Å²) < 4.78 is 41.7. The van der Waals surface area contributed by atoms with Crippen LogP contribution in [-0.2, 0) is 20.5 Å². The van der Waals surface area contributed by atoms with Gasteiger partial charge in [-0.25, -0.2) is 4.79 Å². The molecule has 4 nitrogen and oxygen atoms in total. The Morgan fingerprint density at radius 1 is 1.18 bits per heavy atom. The van der Waals surface area contributed by atoms with E-state index in [0.29, 0.717) is 0 Å². The molecule has 1 aromatic rings. The van der Waals surface area contributed by atoms with E-state index < -0.39 is 30.2 Å². The SMILES string of the molecule is C/C=C/C=CC(=O)OCC(=O)Nc1ccc(C(F)(F)F)cc1. The lowest BCUT2D eigenvalue weighted by Gasteiger charge is -2.08. The number of esters is 1. The highest BCUT2D eigenvalue weighted by Gasteiger charge is 2.29. The molecule has 1 N–H and O–H groups in total. The van der Waals surface area contributed by atoms with Crippen LogP contribution < -0.4 is 5.32 Å². The van der Waals surface area contributed by atoms with Crippen LogP contribution in [-0.4, -0.2) is 18.5 Å². The molecule has 7 heteroatoms. The molecule has 118 valence electrons. The zero-order valence-corrected chi connectivity index (χ0v) is 11.7. The molecule has 1 amide bonds. The molecule has 0 bridgehead atoms. The van der Waals surface area contributed by atoms with Gasteiger partial charge in [-0.15, -0.1) is 0 Å². The number of allylic oxidation sites excluding steroid dienone is 3. The third-order valence-electron chi connectivity index (χ3n) is 2.38. The molecule has 0 aromatic heterocycles. The van der Waals surface area contributed by atoms with Crippen LogP contribution in [0.1, 0.15) is 12.5 Å². The van der Waals surface area contributed by atoms with Crippen molar-refractivity contribution < 1.29 is 27.5 Å². The van der Waals surface area contributed by atoms with Crippen molar-refractivity contribution in [2.45, 2.75) is 13.1 Å². The van der Waals surface area contributed by atoms with Gasteiger partial charge in [-0.3, -0.25) is 4.79 Å². The molecule has 0 fully saturated rings. The normalized spacial score (nSPS) is 11.8. The molecule has 0 aliphatic rings. The number of alkyl halides is 3. The second-order valence-corrected chi connectivity index (χ2v) is 4.12. The van der Waals surface area contributed by atoms with Gasteiger partial charge < -0.3 is 10.1 Å². The summed E-state index contributed by atoms with van der Waals surface area (Å²) in [4.78, 5) is 22.7. The lowest BCUT2D eigenvalue weighted by molar-refractivity contribution is -0.142. The number of rotatable bonds is 5. The van der Waals surface area contributed by atoms with Crippen molar-refractivity contribution in [2.24, 2.45) is 0 Å². The van der Waals surface area contributed by atoms with Gasteiger partial charge in [-0.2, -0.15) is 13.2 Å². The van der Waals surface area contributed by atoms with Crippen LogP contribution in [0, 0.1) is 0 Å². The van der Waals surface area contributed by atoms with Gasteiger partial charge in [-0.05, 0) is 31.2 Å². The summed E-state index contributed by atoms with van der Waals surface area (Å²) in [5.41, 5.74) is -0.635. The second kappa shape index (κ2) is 8.02. The Kier molecular flexibility index (Phi) is 6.37. The van der Waals surface area contributed by atoms with Crippen LogP contribution in [0.15, 0.2) is 48.6 Å². The van der Waals surface area contributed by atoms with Crippen molar-refractivity contribution in [2.75, 3.05) is 11.9 Å². The Balaban J connectivity index is 2.47. The minimum atomic E-state index is -4.43. The minimum Gasteiger partial charge on any atom is -0.452 e. The van der Waals surface area contributed by atoms with E-state index in [0.717, 1.165) is 30.3 Å². The smallest absolute Gasteiger partial charge is 0.416 e. The highest BCUT2D eigenvalue weighted by atomic mass is 19.4. The average Bonchev–Trinajstić information content (AvgIpc) is 2.45. The van der Waals surface area contributed by atoms with Gasteiger partial charge >= 0.3 is 12.1 Å². The third kappa shape index (κ3) is 6.25. The van der Waals surface area contributed by atoms with E-state index in [4.69, 9.17) is 0 Å². The van der Waals surface area contributed by atoms with E-state index in [1.165, 1.54) is 6.08 Å². The Hall–Kier alpha value is -2.57. The fraction of sp³-hybridized carbons (Fsp3) is 0.200. The van der Waals surface area contributed by atoms with Crippen LogP contribution in [0.25, 0.3) is 0 Å². The van der Waals surface area contributed by atoms with Crippen molar-refractivity contribution in [1.82, 2.24) is 0 Å². The summed E-state index contributed by atoms with van der Waals surface area (Å²) in [6.07, 6.45) is 1.49. The Bertz CT molecular complexity index is 575. The predicted molar refractivity (Wildman–Crippen MR) is 75.0 cm³/mol. The van der Waals surface area contributed by atoms with Crippen LogP contribution >= 0.6 is 0 Å². The first-order chi connectivity index (χ1) is 10.3. The second-order valence-electron chi connectivity index (χ2n) is 4.12. The maximum atomic E-state index is 12.4. The van der Waals surface area contributed by atoms with Crippen molar-refractivity contribution in [3.05, 3.63) is 54.1 Å². The summed E-state index contributed by atoms with van der Waals surface area (Å²) in [6, 6.07) is 3.94. The number of halogens is 3. The standard InChI is InChI=1S/C15H14F3NO3/c1-2-3-4-5-14(21)22-10-13(20)19-12-8-6-11(7-9-12)15(16,17)18/h2-9H,10H2,1H3,(H,19,20)/b3-2+,5-4?. The quantitative estimate of drug-likeness (QED) is 0.515. The summed E-state index contributed by atoms with van der Waals surface area (Å²) in [7, 11) is 0. The number of carbonyl (C=O) groups excluding carboxylic acids is 2. The number of ether oxygens (including phenoxy) is 1. The predicted octanol–water partition coefficient (Wildman–Crippen LogP) is 3.32. The lowest BCUT2D eigenvalue weighted by atomic mass is 10.2. The third-order valence-corrected chi connectivity index (χ3v) is 2.38. The Morgan fingerprint density at radius 2 is 1.82 bits per heavy atom. The molecule has 0 unspecified atom stereocenters. The van der Waals surface area contributed by atoms with E-state index in [2.05, 4.69) is 10.1 Å². The van der Waals surface area contributed by atoms with Crippen molar-refractivity contribution in [3.8, 4) is 0 Å². The molecular formula is C15H14F3NO3. The van der Waals surface area contributed by atoms with Crippen molar-refractivity contribution >= 4 is 17.6 Å². The van der Waals surface area contributed by atoms with Crippen LogP contribution in [0.2, 0.25) is 0 Å². The van der Waals surface area contributed by atoms with Gasteiger partial charge in [0.05, 0.1) is 5.56 Å².